The Morgan fingerprint density at radius 3 is 2.38 bits per heavy atom. The second kappa shape index (κ2) is 6.48. The number of nitrogens with one attached hydrogen (secondary N) is 1. The molecular formula is C11H21N3O2. The number of carbonyl (C=O) groups is 2. The van der Waals surface area contributed by atoms with Gasteiger partial charge in [0.25, 0.3) is 0 Å². The molecule has 0 unspecified atom stereocenters. The van der Waals surface area contributed by atoms with Crippen LogP contribution in [0.3, 0.4) is 0 Å². The van der Waals surface area contributed by atoms with Gasteiger partial charge in [-0.3, -0.25) is 9.59 Å². The van der Waals surface area contributed by atoms with Gasteiger partial charge < -0.3 is 16.8 Å². The fourth-order valence-corrected chi connectivity index (χ4v) is 2.05. The molecule has 5 nitrogen and oxygen atoms in total. The molecule has 1 saturated carbocycles. The summed E-state index contributed by atoms with van der Waals surface area (Å²) < 4.78 is 0. The Balaban J connectivity index is 2.11. The van der Waals surface area contributed by atoms with Crippen LogP contribution in [0, 0.1) is 5.92 Å². The van der Waals surface area contributed by atoms with Crippen LogP contribution in [0.15, 0.2) is 0 Å². The lowest BCUT2D eigenvalue weighted by atomic mass is 9.84. The number of carbonyl (C=O) groups excluding carboxylic acids is 2. The quantitative estimate of drug-likeness (QED) is 0.611. The zero-order chi connectivity index (χ0) is 12.0. The molecule has 0 aromatic heterocycles. The maximum Gasteiger partial charge on any atom is 0.220 e. The molecule has 92 valence electrons. The monoisotopic (exact) mass is 227 g/mol. The Morgan fingerprint density at radius 1 is 1.19 bits per heavy atom. The van der Waals surface area contributed by atoms with Crippen molar-refractivity contribution in [1.82, 2.24) is 5.32 Å². The fourth-order valence-electron chi connectivity index (χ4n) is 2.05. The highest BCUT2D eigenvalue weighted by atomic mass is 16.2. The van der Waals surface area contributed by atoms with Crippen molar-refractivity contribution in [2.24, 2.45) is 17.4 Å². The fraction of sp³-hybridized carbons (Fsp3) is 0.818. The number of hydrogen-bond donors (Lipinski definition) is 3. The minimum absolute atomic E-state index is 0.0155. The van der Waals surface area contributed by atoms with Crippen LogP contribution in [0.1, 0.15) is 38.5 Å². The second-order valence-corrected chi connectivity index (χ2v) is 4.55. The van der Waals surface area contributed by atoms with Gasteiger partial charge in [0, 0.05) is 25.4 Å². The first kappa shape index (κ1) is 13.0. The lowest BCUT2D eigenvalue weighted by Crippen LogP contribution is -2.32. The van der Waals surface area contributed by atoms with Gasteiger partial charge >= 0.3 is 0 Å². The lowest BCUT2D eigenvalue weighted by molar-refractivity contribution is -0.122. The molecule has 0 radical (unpaired) electrons. The largest absolute Gasteiger partial charge is 0.370 e. The Labute approximate surface area is 95.9 Å². The topological polar surface area (TPSA) is 98.2 Å². The highest BCUT2D eigenvalue weighted by molar-refractivity contribution is 5.78. The number of nitrogens with two attached hydrogens (primary N) is 2. The van der Waals surface area contributed by atoms with E-state index in [9.17, 15) is 9.59 Å². The van der Waals surface area contributed by atoms with E-state index in [0.717, 1.165) is 25.7 Å². The van der Waals surface area contributed by atoms with E-state index >= 15 is 0 Å². The molecule has 0 bridgehead atoms. The van der Waals surface area contributed by atoms with Gasteiger partial charge in [0.2, 0.25) is 11.8 Å². The highest BCUT2D eigenvalue weighted by Gasteiger charge is 2.20. The van der Waals surface area contributed by atoms with Crippen LogP contribution in [-0.2, 0) is 9.59 Å². The van der Waals surface area contributed by atoms with E-state index in [1.54, 1.807) is 0 Å². The van der Waals surface area contributed by atoms with E-state index in [4.69, 9.17) is 11.5 Å². The van der Waals surface area contributed by atoms with Crippen molar-refractivity contribution in [2.75, 3.05) is 6.54 Å². The first-order valence-electron chi connectivity index (χ1n) is 5.88. The summed E-state index contributed by atoms with van der Waals surface area (Å²) >= 11 is 0. The minimum Gasteiger partial charge on any atom is -0.370 e. The number of amides is 2. The van der Waals surface area contributed by atoms with E-state index in [0.29, 0.717) is 24.9 Å². The van der Waals surface area contributed by atoms with Gasteiger partial charge in [-0.05, 0) is 31.6 Å². The molecule has 0 atom stereocenters. The second-order valence-electron chi connectivity index (χ2n) is 4.55. The van der Waals surface area contributed by atoms with Crippen molar-refractivity contribution in [1.29, 1.82) is 0 Å². The molecule has 0 saturated heterocycles. The van der Waals surface area contributed by atoms with Crippen molar-refractivity contribution in [3.8, 4) is 0 Å². The molecule has 0 aliphatic heterocycles. The normalized spacial score (nSPS) is 25.1. The molecular weight excluding hydrogens is 206 g/mol. The predicted molar refractivity (Wildman–Crippen MR) is 61.4 cm³/mol. The minimum atomic E-state index is -0.385. The summed E-state index contributed by atoms with van der Waals surface area (Å²) in [7, 11) is 0. The van der Waals surface area contributed by atoms with E-state index in [2.05, 4.69) is 5.32 Å². The van der Waals surface area contributed by atoms with Gasteiger partial charge in [0.15, 0.2) is 0 Å². The lowest BCUT2D eigenvalue weighted by Gasteiger charge is -2.25. The average molecular weight is 227 g/mol. The molecule has 1 rings (SSSR count). The van der Waals surface area contributed by atoms with Crippen molar-refractivity contribution in [2.45, 2.75) is 44.6 Å². The molecule has 5 N–H and O–H groups in total. The molecule has 1 aliphatic carbocycles. The van der Waals surface area contributed by atoms with Crippen LogP contribution in [0.2, 0.25) is 0 Å². The highest BCUT2D eigenvalue weighted by Crippen LogP contribution is 2.25. The third-order valence-corrected chi connectivity index (χ3v) is 3.06. The van der Waals surface area contributed by atoms with Crippen molar-refractivity contribution in [3.05, 3.63) is 0 Å². The first-order valence-corrected chi connectivity index (χ1v) is 5.88. The summed E-state index contributed by atoms with van der Waals surface area (Å²) in [5.74, 6) is 0.0824. The summed E-state index contributed by atoms with van der Waals surface area (Å²) in [5.41, 5.74) is 10.8. The van der Waals surface area contributed by atoms with Gasteiger partial charge in [0.05, 0.1) is 0 Å². The van der Waals surface area contributed by atoms with Gasteiger partial charge in [-0.25, -0.2) is 0 Å². The Morgan fingerprint density at radius 2 is 1.81 bits per heavy atom. The van der Waals surface area contributed by atoms with Gasteiger partial charge in [-0.15, -0.1) is 0 Å². The molecule has 0 heterocycles. The molecule has 16 heavy (non-hydrogen) atoms. The van der Waals surface area contributed by atoms with Gasteiger partial charge in [0.1, 0.15) is 0 Å². The maximum absolute atomic E-state index is 11.5. The third-order valence-electron chi connectivity index (χ3n) is 3.06. The predicted octanol–water partition coefficient (Wildman–Crippen LogP) is -0.114. The number of primary amides is 1. The molecule has 0 spiro atoms. The zero-order valence-electron chi connectivity index (χ0n) is 9.58. The molecule has 2 amide bonds. The van der Waals surface area contributed by atoms with Crippen molar-refractivity contribution < 1.29 is 9.59 Å². The summed E-state index contributed by atoms with van der Waals surface area (Å²) in [6.45, 7) is 0.348. The Bertz CT molecular complexity index is 248. The molecule has 0 aromatic carbocycles. The van der Waals surface area contributed by atoms with Crippen LogP contribution < -0.4 is 16.8 Å². The zero-order valence-corrected chi connectivity index (χ0v) is 9.58. The van der Waals surface area contributed by atoms with Gasteiger partial charge in [-0.2, -0.15) is 0 Å². The number of hydrogen-bond acceptors (Lipinski definition) is 3. The van der Waals surface area contributed by atoms with Gasteiger partial charge in [-0.1, -0.05) is 0 Å². The average Bonchev–Trinajstić information content (AvgIpc) is 2.21. The van der Waals surface area contributed by atoms with Crippen molar-refractivity contribution in [3.63, 3.8) is 0 Å². The summed E-state index contributed by atoms with van der Waals surface area (Å²) in [4.78, 5) is 21.9. The number of rotatable bonds is 5. The van der Waals surface area contributed by atoms with Crippen LogP contribution in [0.4, 0.5) is 0 Å². The van der Waals surface area contributed by atoms with Crippen LogP contribution >= 0.6 is 0 Å². The van der Waals surface area contributed by atoms with E-state index in [1.807, 2.05) is 0 Å². The Hall–Kier alpha value is -1.10. The van der Waals surface area contributed by atoms with Crippen LogP contribution in [-0.4, -0.2) is 24.4 Å². The Kier molecular flexibility index (Phi) is 5.25. The summed E-state index contributed by atoms with van der Waals surface area (Å²) in [6.07, 6.45) is 4.85. The first-order chi connectivity index (χ1) is 7.58. The molecule has 0 aromatic rings. The standard InChI is InChI=1S/C11H21N3O2/c12-9-3-1-8(2-4-9)7-11(16)14-6-5-10(13)15/h8-9H,1-7,12H2,(H2,13,15)(H,14,16). The molecule has 1 fully saturated rings. The van der Waals surface area contributed by atoms with E-state index in [1.165, 1.54) is 0 Å². The molecule has 1 aliphatic rings. The van der Waals surface area contributed by atoms with E-state index in [-0.39, 0.29) is 18.2 Å². The van der Waals surface area contributed by atoms with E-state index < -0.39 is 0 Å². The van der Waals surface area contributed by atoms with Crippen molar-refractivity contribution >= 4 is 11.8 Å². The summed E-state index contributed by atoms with van der Waals surface area (Å²) in [6, 6.07) is 0.314. The molecule has 5 heteroatoms. The van der Waals surface area contributed by atoms with Crippen LogP contribution in [0.5, 0.6) is 0 Å². The smallest absolute Gasteiger partial charge is 0.220 e. The van der Waals surface area contributed by atoms with Crippen LogP contribution in [0.25, 0.3) is 0 Å². The maximum atomic E-state index is 11.5. The summed E-state index contributed by atoms with van der Waals surface area (Å²) in [5, 5.41) is 2.70. The third kappa shape index (κ3) is 5.11. The SMILES string of the molecule is NC(=O)CCNC(=O)CC1CCC(N)CC1.